The van der Waals surface area contributed by atoms with Crippen molar-refractivity contribution in [2.24, 2.45) is 0 Å². The summed E-state index contributed by atoms with van der Waals surface area (Å²) in [6.45, 7) is 3.10. The maximum Gasteiger partial charge on any atom is 0.200 e. The minimum absolute atomic E-state index is 0.00552. The van der Waals surface area contributed by atoms with Gasteiger partial charge in [-0.05, 0) is 13.8 Å². The van der Waals surface area contributed by atoms with Crippen molar-refractivity contribution in [2.45, 2.75) is 55.4 Å². The van der Waals surface area contributed by atoms with Gasteiger partial charge in [-0.2, -0.15) is 0 Å². The Labute approximate surface area is 224 Å². The average Bonchev–Trinajstić information content (AvgIpc) is 3.42. The molecule has 2 heterocycles. The van der Waals surface area contributed by atoms with Crippen molar-refractivity contribution in [2.75, 3.05) is 0 Å². The van der Waals surface area contributed by atoms with Gasteiger partial charge in [0.1, 0.15) is 6.10 Å². The molecule has 2 fully saturated rings. The van der Waals surface area contributed by atoms with Gasteiger partial charge < -0.3 is 29.5 Å². The number of ketones is 3. The fraction of sp³-hybridized carbons (Fsp3) is 0.300. The molecule has 3 N–H and O–H groups in total. The Hall–Kier alpha value is -3.57. The van der Waals surface area contributed by atoms with Gasteiger partial charge >= 0.3 is 0 Å². The number of aliphatic hydroxyl groups is 3. The lowest BCUT2D eigenvalue weighted by molar-refractivity contribution is -0.248. The van der Waals surface area contributed by atoms with Crippen LogP contribution in [0.25, 0.3) is 0 Å². The second-order valence-electron chi connectivity index (χ2n) is 10.1. The zero-order valence-corrected chi connectivity index (χ0v) is 21.3. The molecule has 0 saturated carbocycles. The van der Waals surface area contributed by atoms with Crippen molar-refractivity contribution in [1.82, 2.24) is 0 Å². The molecule has 5 rings (SSSR count). The van der Waals surface area contributed by atoms with E-state index in [2.05, 4.69) is 0 Å². The lowest BCUT2D eigenvalue weighted by Crippen LogP contribution is -2.70. The van der Waals surface area contributed by atoms with E-state index in [9.17, 15) is 29.7 Å². The Morgan fingerprint density at radius 1 is 0.795 bits per heavy atom. The summed E-state index contributed by atoms with van der Waals surface area (Å²) in [6, 6.07) is 22.7. The maximum atomic E-state index is 14.0. The van der Waals surface area contributed by atoms with Gasteiger partial charge in [0.2, 0.25) is 0 Å². The molecule has 0 amide bonds. The molecule has 2 aliphatic rings. The molecule has 0 aliphatic carbocycles. The zero-order chi connectivity index (χ0) is 28.0. The first-order chi connectivity index (χ1) is 18.5. The molecule has 9 heteroatoms. The van der Waals surface area contributed by atoms with Gasteiger partial charge in [0.25, 0.3) is 0 Å². The van der Waals surface area contributed by atoms with Gasteiger partial charge in [0.15, 0.2) is 52.8 Å². The summed E-state index contributed by atoms with van der Waals surface area (Å²) < 4.78 is 17.5. The largest absolute Gasteiger partial charge is 0.381 e. The van der Waals surface area contributed by atoms with Crippen LogP contribution in [0.1, 0.15) is 44.9 Å². The number of benzene rings is 3. The highest BCUT2D eigenvalue weighted by molar-refractivity contribution is 6.12. The van der Waals surface area contributed by atoms with Crippen LogP contribution in [0.4, 0.5) is 0 Å². The molecule has 6 atom stereocenters. The summed E-state index contributed by atoms with van der Waals surface area (Å²) in [4.78, 5) is 41.4. The highest BCUT2D eigenvalue weighted by Gasteiger charge is 2.74. The zero-order valence-electron chi connectivity index (χ0n) is 21.3. The van der Waals surface area contributed by atoms with Gasteiger partial charge in [-0.25, -0.2) is 0 Å². The fourth-order valence-corrected chi connectivity index (χ4v) is 5.19. The number of carbonyl (C=O) groups is 3. The topological polar surface area (TPSA) is 140 Å². The van der Waals surface area contributed by atoms with Gasteiger partial charge in [-0.1, -0.05) is 91.0 Å². The molecule has 0 radical (unpaired) electrons. The molecule has 3 aromatic carbocycles. The second kappa shape index (κ2) is 9.87. The predicted molar refractivity (Wildman–Crippen MR) is 137 cm³/mol. The molecule has 0 bridgehead atoms. The Kier molecular flexibility index (Phi) is 6.84. The lowest BCUT2D eigenvalue weighted by Gasteiger charge is -2.42. The quantitative estimate of drug-likeness (QED) is 0.373. The number of hydrogen-bond acceptors (Lipinski definition) is 9. The van der Waals surface area contributed by atoms with Crippen molar-refractivity contribution in [3.8, 4) is 0 Å². The van der Waals surface area contributed by atoms with Crippen molar-refractivity contribution >= 4 is 17.3 Å². The van der Waals surface area contributed by atoms with Gasteiger partial charge in [0, 0.05) is 16.7 Å². The van der Waals surface area contributed by atoms with Crippen LogP contribution in [0.3, 0.4) is 0 Å². The van der Waals surface area contributed by atoms with Gasteiger partial charge in [0.05, 0.1) is 0 Å². The van der Waals surface area contributed by atoms with E-state index in [4.69, 9.17) is 14.2 Å². The molecule has 0 aromatic heterocycles. The van der Waals surface area contributed by atoms with E-state index in [1.807, 2.05) is 0 Å². The highest BCUT2D eigenvalue weighted by Crippen LogP contribution is 2.49. The molecule has 2 aliphatic heterocycles. The minimum Gasteiger partial charge on any atom is -0.381 e. The lowest BCUT2D eigenvalue weighted by atomic mass is 9.70. The van der Waals surface area contributed by atoms with Crippen LogP contribution >= 0.6 is 0 Å². The van der Waals surface area contributed by atoms with Crippen LogP contribution < -0.4 is 0 Å². The number of ether oxygens (including phenoxy) is 3. The third-order valence-corrected chi connectivity index (χ3v) is 7.08. The van der Waals surface area contributed by atoms with Crippen LogP contribution in [-0.2, 0) is 14.2 Å². The normalized spacial score (nSPS) is 27.8. The summed E-state index contributed by atoms with van der Waals surface area (Å²) >= 11 is 0. The first-order valence-corrected chi connectivity index (χ1v) is 12.4. The number of hydrogen-bond donors (Lipinski definition) is 3. The molecular formula is C30H28O9. The van der Waals surface area contributed by atoms with E-state index in [1.54, 1.807) is 56.3 Å². The van der Waals surface area contributed by atoms with Gasteiger partial charge in [-0.3, -0.25) is 14.4 Å². The average molecular weight is 533 g/mol. The van der Waals surface area contributed by atoms with Crippen LogP contribution in [0, 0.1) is 0 Å². The van der Waals surface area contributed by atoms with E-state index in [1.165, 1.54) is 48.5 Å². The molecule has 39 heavy (non-hydrogen) atoms. The Balaban J connectivity index is 1.68. The molecular weight excluding hydrogens is 504 g/mol. The molecule has 1 unspecified atom stereocenters. The standard InChI is InChI=1S/C30H28O9/c1-28(2)38-25-26(39-28)37-27(30(25,36)23(33)20-16-10-5-11-17-20)29(35,22(32)19-14-8-4-9-15-19)24(34)21(31)18-12-6-3-7-13-18/h3-17,24-27,34-36H,1-2H3/t24?,25-,26+,27+,29+,30-/m0/s1. The summed E-state index contributed by atoms with van der Waals surface area (Å²) in [5.41, 5.74) is -5.96. The first kappa shape index (κ1) is 27.0. The third-order valence-electron chi connectivity index (χ3n) is 7.08. The number of aliphatic hydroxyl groups excluding tert-OH is 1. The van der Waals surface area contributed by atoms with E-state index in [-0.39, 0.29) is 16.7 Å². The Morgan fingerprint density at radius 2 is 1.28 bits per heavy atom. The van der Waals surface area contributed by atoms with Crippen LogP contribution in [0.15, 0.2) is 91.0 Å². The summed E-state index contributed by atoms with van der Waals surface area (Å²) in [5.74, 6) is -4.38. The third kappa shape index (κ3) is 4.43. The molecule has 2 saturated heterocycles. The first-order valence-electron chi connectivity index (χ1n) is 12.4. The van der Waals surface area contributed by atoms with Crippen LogP contribution in [0.5, 0.6) is 0 Å². The van der Waals surface area contributed by atoms with E-state index >= 15 is 0 Å². The summed E-state index contributed by atoms with van der Waals surface area (Å²) in [5, 5.41) is 35.8. The highest BCUT2D eigenvalue weighted by atomic mass is 16.8. The number of carbonyl (C=O) groups excluding carboxylic acids is 3. The SMILES string of the molecule is CC1(C)O[C@H]2O[C@H]([C@@](O)(C(=O)c3ccccc3)C(O)C(=O)c3ccccc3)[C@](O)(C(=O)c3ccccc3)[C@H]2O1. The molecule has 3 aromatic rings. The van der Waals surface area contributed by atoms with Crippen LogP contribution in [-0.4, -0.2) is 74.3 Å². The second-order valence-corrected chi connectivity index (χ2v) is 10.1. The number of rotatable bonds is 8. The smallest absolute Gasteiger partial charge is 0.200 e. The molecule has 9 nitrogen and oxygen atoms in total. The maximum absolute atomic E-state index is 14.0. The Morgan fingerprint density at radius 3 is 1.82 bits per heavy atom. The van der Waals surface area contributed by atoms with Crippen molar-refractivity contribution in [1.29, 1.82) is 0 Å². The van der Waals surface area contributed by atoms with E-state index < -0.39 is 58.9 Å². The monoisotopic (exact) mass is 532 g/mol. The van der Waals surface area contributed by atoms with Crippen molar-refractivity contribution < 1.29 is 43.9 Å². The minimum atomic E-state index is -3.14. The van der Waals surface area contributed by atoms with Crippen molar-refractivity contribution in [3.05, 3.63) is 108 Å². The molecule has 0 spiro atoms. The summed E-state index contributed by atoms with van der Waals surface area (Å²) in [6.07, 6.45) is -7.52. The number of Topliss-reactive ketones (excluding diaryl/α,β-unsaturated/α-hetero) is 3. The molecule has 202 valence electrons. The fourth-order valence-electron chi connectivity index (χ4n) is 5.19. The van der Waals surface area contributed by atoms with Crippen molar-refractivity contribution in [3.63, 3.8) is 0 Å². The van der Waals surface area contributed by atoms with Crippen LogP contribution in [0.2, 0.25) is 0 Å². The van der Waals surface area contributed by atoms with E-state index in [0.29, 0.717) is 0 Å². The predicted octanol–water partition coefficient (Wildman–Crippen LogP) is 2.33. The van der Waals surface area contributed by atoms with E-state index in [0.717, 1.165) is 0 Å². The summed E-state index contributed by atoms with van der Waals surface area (Å²) in [7, 11) is 0. The van der Waals surface area contributed by atoms with Gasteiger partial charge in [-0.15, -0.1) is 0 Å². The number of fused-ring (bicyclic) bond motifs is 1. The Bertz CT molecular complexity index is 1380.